The molecule has 0 spiro atoms. The predicted octanol–water partition coefficient (Wildman–Crippen LogP) is 2.35. The van der Waals surface area contributed by atoms with Gasteiger partial charge in [0.2, 0.25) is 0 Å². The number of hydrogen-bond acceptors (Lipinski definition) is 1. The van der Waals surface area contributed by atoms with Crippen LogP contribution in [0.15, 0.2) is 24.3 Å². The third-order valence-corrected chi connectivity index (χ3v) is 2.43. The summed E-state index contributed by atoms with van der Waals surface area (Å²) in [6, 6.07) is 10.4. The minimum Gasteiger partial charge on any atom is -0.385 e. The first-order chi connectivity index (χ1) is 5.55. The fourth-order valence-corrected chi connectivity index (χ4v) is 1.06. The molecule has 1 unspecified atom stereocenters. The molecule has 0 saturated heterocycles. The monoisotopic (exact) mass is 163 g/mol. The molecule has 1 atom stereocenters. The molecule has 0 saturated carbocycles. The second kappa shape index (κ2) is 3.28. The van der Waals surface area contributed by atoms with Crippen LogP contribution >= 0.6 is 0 Å². The molecular formula is C11H15O. The Hall–Kier alpha value is -0.820. The zero-order valence-electron chi connectivity index (χ0n) is 7.83. The third-order valence-electron chi connectivity index (χ3n) is 2.43. The average Bonchev–Trinajstić information content (AvgIpc) is 2.06. The van der Waals surface area contributed by atoms with Crippen molar-refractivity contribution < 1.29 is 5.11 Å². The van der Waals surface area contributed by atoms with E-state index in [0.29, 0.717) is 0 Å². The highest BCUT2D eigenvalue weighted by atomic mass is 16.3. The Morgan fingerprint density at radius 1 is 1.33 bits per heavy atom. The summed E-state index contributed by atoms with van der Waals surface area (Å²) in [5, 5.41) is 10.0. The van der Waals surface area contributed by atoms with E-state index in [1.165, 1.54) is 0 Å². The molecule has 1 aromatic rings. The maximum Gasteiger partial charge on any atom is 0.0891 e. The molecule has 0 fully saturated rings. The van der Waals surface area contributed by atoms with Gasteiger partial charge in [-0.15, -0.1) is 0 Å². The highest BCUT2D eigenvalue weighted by Crippen LogP contribution is 2.27. The van der Waals surface area contributed by atoms with Crippen molar-refractivity contribution in [2.24, 2.45) is 5.92 Å². The van der Waals surface area contributed by atoms with Gasteiger partial charge in [-0.2, -0.15) is 0 Å². The van der Waals surface area contributed by atoms with Crippen LogP contribution in [0.2, 0.25) is 0 Å². The van der Waals surface area contributed by atoms with E-state index < -0.39 is 5.60 Å². The van der Waals surface area contributed by atoms with Gasteiger partial charge in [-0.05, 0) is 24.5 Å². The zero-order chi connectivity index (χ0) is 9.19. The molecule has 1 rings (SSSR count). The van der Waals surface area contributed by atoms with Crippen LogP contribution in [-0.2, 0) is 5.60 Å². The molecule has 1 heteroatoms. The molecule has 0 aromatic heterocycles. The number of hydrogen-bond donors (Lipinski definition) is 1. The Balaban J connectivity index is 2.98. The standard InChI is InChI=1S/C11H15O/c1-9(2)11(3,12)10-7-5-4-6-8-10/h5-9,12H,1-3H3. The SMILES string of the molecule is CC(C)C(C)(O)c1cc[c]cc1. The molecule has 0 heterocycles. The van der Waals surface area contributed by atoms with Gasteiger partial charge in [0.1, 0.15) is 0 Å². The second-order valence-corrected chi connectivity index (χ2v) is 3.59. The first-order valence-electron chi connectivity index (χ1n) is 4.24. The van der Waals surface area contributed by atoms with Gasteiger partial charge in [0.05, 0.1) is 5.60 Å². The van der Waals surface area contributed by atoms with Crippen molar-refractivity contribution in [1.29, 1.82) is 0 Å². The highest BCUT2D eigenvalue weighted by Gasteiger charge is 2.26. The first-order valence-corrected chi connectivity index (χ1v) is 4.24. The predicted molar refractivity (Wildman–Crippen MR) is 49.7 cm³/mol. The van der Waals surface area contributed by atoms with Crippen LogP contribution in [0, 0.1) is 12.0 Å². The van der Waals surface area contributed by atoms with Gasteiger partial charge in [-0.25, -0.2) is 0 Å². The lowest BCUT2D eigenvalue weighted by Crippen LogP contribution is -2.27. The van der Waals surface area contributed by atoms with Crippen LogP contribution in [0.5, 0.6) is 0 Å². The Morgan fingerprint density at radius 2 is 1.83 bits per heavy atom. The number of rotatable bonds is 2. The molecule has 0 aliphatic carbocycles. The van der Waals surface area contributed by atoms with E-state index >= 15 is 0 Å². The maximum absolute atomic E-state index is 10.0. The topological polar surface area (TPSA) is 20.2 Å². The smallest absolute Gasteiger partial charge is 0.0891 e. The summed E-state index contributed by atoms with van der Waals surface area (Å²) in [5.74, 6) is 0.222. The minimum atomic E-state index is -0.727. The fourth-order valence-electron chi connectivity index (χ4n) is 1.06. The van der Waals surface area contributed by atoms with E-state index in [1.807, 2.05) is 45.0 Å². The van der Waals surface area contributed by atoms with Crippen molar-refractivity contribution in [3.8, 4) is 0 Å². The van der Waals surface area contributed by atoms with Crippen molar-refractivity contribution in [2.75, 3.05) is 0 Å². The lowest BCUT2D eigenvalue weighted by atomic mass is 9.85. The normalized spacial score (nSPS) is 16.1. The van der Waals surface area contributed by atoms with Crippen LogP contribution in [0.4, 0.5) is 0 Å². The van der Waals surface area contributed by atoms with Gasteiger partial charge in [0, 0.05) is 0 Å². The molecule has 0 aliphatic rings. The summed E-state index contributed by atoms with van der Waals surface area (Å²) in [6.45, 7) is 5.86. The quantitative estimate of drug-likeness (QED) is 0.709. The van der Waals surface area contributed by atoms with Gasteiger partial charge in [-0.3, -0.25) is 0 Å². The van der Waals surface area contributed by atoms with Crippen LogP contribution in [0.3, 0.4) is 0 Å². The summed E-state index contributed by atoms with van der Waals surface area (Å²) in [7, 11) is 0. The van der Waals surface area contributed by atoms with Crippen LogP contribution < -0.4 is 0 Å². The molecule has 12 heavy (non-hydrogen) atoms. The Labute approximate surface area is 74.1 Å². The van der Waals surface area contributed by atoms with Gasteiger partial charge in [0.15, 0.2) is 0 Å². The van der Waals surface area contributed by atoms with E-state index in [2.05, 4.69) is 6.07 Å². The lowest BCUT2D eigenvalue weighted by Gasteiger charge is -2.28. The highest BCUT2D eigenvalue weighted by molar-refractivity contribution is 5.21. The van der Waals surface area contributed by atoms with Crippen LogP contribution in [0.1, 0.15) is 26.3 Å². The lowest BCUT2D eigenvalue weighted by molar-refractivity contribution is 0.00905. The summed E-state index contributed by atoms with van der Waals surface area (Å²) < 4.78 is 0. The molecule has 0 bridgehead atoms. The van der Waals surface area contributed by atoms with Gasteiger partial charge >= 0.3 is 0 Å². The number of aliphatic hydroxyl groups is 1. The van der Waals surface area contributed by atoms with Crippen molar-refractivity contribution in [2.45, 2.75) is 26.4 Å². The Morgan fingerprint density at radius 3 is 2.25 bits per heavy atom. The van der Waals surface area contributed by atoms with Gasteiger partial charge in [0.25, 0.3) is 0 Å². The Kier molecular flexibility index (Phi) is 2.53. The van der Waals surface area contributed by atoms with E-state index in [4.69, 9.17) is 0 Å². The second-order valence-electron chi connectivity index (χ2n) is 3.59. The van der Waals surface area contributed by atoms with Crippen LogP contribution in [0.25, 0.3) is 0 Å². The first kappa shape index (κ1) is 9.27. The van der Waals surface area contributed by atoms with Crippen molar-refractivity contribution in [3.05, 3.63) is 35.9 Å². The summed E-state index contributed by atoms with van der Waals surface area (Å²) in [6.07, 6.45) is 0. The number of benzene rings is 1. The van der Waals surface area contributed by atoms with E-state index in [0.717, 1.165) is 5.56 Å². The average molecular weight is 163 g/mol. The van der Waals surface area contributed by atoms with Crippen LogP contribution in [-0.4, -0.2) is 5.11 Å². The fraction of sp³-hybridized carbons (Fsp3) is 0.455. The molecule has 65 valence electrons. The zero-order valence-corrected chi connectivity index (χ0v) is 7.83. The van der Waals surface area contributed by atoms with Crippen molar-refractivity contribution in [1.82, 2.24) is 0 Å². The Bertz CT molecular complexity index is 236. The van der Waals surface area contributed by atoms with Crippen molar-refractivity contribution >= 4 is 0 Å². The molecule has 1 nitrogen and oxygen atoms in total. The molecule has 1 radical (unpaired) electrons. The van der Waals surface area contributed by atoms with E-state index in [1.54, 1.807) is 0 Å². The minimum absolute atomic E-state index is 0.222. The third kappa shape index (κ3) is 1.67. The van der Waals surface area contributed by atoms with E-state index in [9.17, 15) is 5.11 Å². The van der Waals surface area contributed by atoms with E-state index in [-0.39, 0.29) is 5.92 Å². The molecule has 0 aliphatic heterocycles. The summed E-state index contributed by atoms with van der Waals surface area (Å²) in [4.78, 5) is 0. The largest absolute Gasteiger partial charge is 0.385 e. The molecule has 1 N–H and O–H groups in total. The van der Waals surface area contributed by atoms with Gasteiger partial charge < -0.3 is 5.11 Å². The van der Waals surface area contributed by atoms with Gasteiger partial charge in [-0.1, -0.05) is 38.1 Å². The summed E-state index contributed by atoms with van der Waals surface area (Å²) >= 11 is 0. The molecular weight excluding hydrogens is 148 g/mol. The van der Waals surface area contributed by atoms with Crippen molar-refractivity contribution in [3.63, 3.8) is 0 Å². The molecule has 1 aromatic carbocycles. The summed E-state index contributed by atoms with van der Waals surface area (Å²) in [5.41, 5.74) is 0.228. The molecule has 0 amide bonds. The maximum atomic E-state index is 10.0.